The van der Waals surface area contributed by atoms with Gasteiger partial charge in [0.25, 0.3) is 11.3 Å². The number of carboxylic acids is 1. The quantitative estimate of drug-likeness (QED) is 0.0361. The predicted octanol–water partition coefficient (Wildman–Crippen LogP) is 4.06. The molecule has 3 atom stereocenters. The molecule has 1 saturated heterocycles. The van der Waals surface area contributed by atoms with Gasteiger partial charge in [-0.2, -0.15) is 4.31 Å². The number of nitrogens with one attached hydrogen (secondary N) is 1. The number of alkyl carbamates (subject to hydrolysis) is 1. The number of ketones is 1. The average Bonchev–Trinajstić information content (AvgIpc) is 3.79. The molecular formula is C47H53N5O12S. The fourth-order valence-electron chi connectivity index (χ4n) is 6.79. The van der Waals surface area contributed by atoms with Gasteiger partial charge >= 0.3 is 17.8 Å². The van der Waals surface area contributed by atoms with Crippen molar-refractivity contribution >= 4 is 39.3 Å². The van der Waals surface area contributed by atoms with Crippen molar-refractivity contribution < 1.29 is 47.6 Å². The lowest BCUT2D eigenvalue weighted by atomic mass is 10.0. The highest BCUT2D eigenvalue weighted by Crippen LogP contribution is 2.21. The van der Waals surface area contributed by atoms with Gasteiger partial charge in [-0.15, -0.1) is 0 Å². The molecule has 1 aliphatic heterocycles. The van der Waals surface area contributed by atoms with E-state index in [4.69, 9.17) is 20.3 Å². The monoisotopic (exact) mass is 911 g/mol. The van der Waals surface area contributed by atoms with Crippen molar-refractivity contribution in [1.82, 2.24) is 18.8 Å². The molecule has 0 bridgehead atoms. The Morgan fingerprint density at radius 1 is 0.862 bits per heavy atom. The zero-order chi connectivity index (χ0) is 47.1. The van der Waals surface area contributed by atoms with Crippen LogP contribution in [-0.2, 0) is 48.6 Å². The highest BCUT2D eigenvalue weighted by atomic mass is 32.2. The molecule has 1 aliphatic rings. The average molecular weight is 912 g/mol. The Balaban J connectivity index is 0.000000247. The minimum atomic E-state index is -3.90. The summed E-state index contributed by atoms with van der Waals surface area (Å²) in [5, 5.41) is 32.9. The van der Waals surface area contributed by atoms with Crippen molar-refractivity contribution in [2.75, 3.05) is 32.0 Å². The van der Waals surface area contributed by atoms with Crippen molar-refractivity contribution in [2.45, 2.75) is 62.9 Å². The normalized spacial score (nSPS) is 14.8. The number of amides is 1. The van der Waals surface area contributed by atoms with E-state index in [9.17, 15) is 42.6 Å². The van der Waals surface area contributed by atoms with Gasteiger partial charge in [0, 0.05) is 37.5 Å². The maximum Gasteiger partial charge on any atom is 0.407 e. The number of rotatable bonds is 18. The molecule has 0 saturated carbocycles. The smallest absolute Gasteiger partial charge is 0.407 e. The number of nitrogens with two attached hydrogens (primary N) is 1. The second kappa shape index (κ2) is 23.2. The van der Waals surface area contributed by atoms with Crippen molar-refractivity contribution in [1.29, 1.82) is 0 Å². The van der Waals surface area contributed by atoms with Crippen molar-refractivity contribution in [2.24, 2.45) is 5.92 Å². The van der Waals surface area contributed by atoms with Crippen LogP contribution in [0.1, 0.15) is 42.5 Å². The largest absolute Gasteiger partial charge is 0.507 e. The molecule has 0 aliphatic carbocycles. The van der Waals surface area contributed by atoms with Crippen LogP contribution in [-0.4, -0.2) is 99.6 Å². The van der Waals surface area contributed by atoms with Gasteiger partial charge in [-0.25, -0.2) is 22.8 Å². The Bertz CT molecular complexity index is 2630. The maximum atomic E-state index is 13.4. The molecule has 5 aromatic rings. The first-order valence-corrected chi connectivity index (χ1v) is 22.2. The molecular weight excluding hydrogens is 859 g/mol. The fourth-order valence-corrected chi connectivity index (χ4v) is 8.41. The van der Waals surface area contributed by atoms with Crippen LogP contribution in [0.4, 0.5) is 10.5 Å². The molecule has 1 amide bonds. The Morgan fingerprint density at radius 2 is 1.43 bits per heavy atom. The van der Waals surface area contributed by atoms with Crippen LogP contribution in [0.25, 0.3) is 5.76 Å². The van der Waals surface area contributed by atoms with Crippen LogP contribution in [0, 0.1) is 5.92 Å². The van der Waals surface area contributed by atoms with E-state index in [1.807, 2.05) is 50.2 Å². The number of nitrogens with zero attached hydrogens (tertiary/aromatic N) is 3. The van der Waals surface area contributed by atoms with Gasteiger partial charge in [0.2, 0.25) is 10.0 Å². The number of sulfonamides is 1. The summed E-state index contributed by atoms with van der Waals surface area (Å²) in [6.45, 7) is 4.73. The van der Waals surface area contributed by atoms with Crippen molar-refractivity contribution in [3.05, 3.63) is 171 Å². The van der Waals surface area contributed by atoms with Gasteiger partial charge in [-0.1, -0.05) is 105 Å². The van der Waals surface area contributed by atoms with Crippen LogP contribution in [0.3, 0.4) is 0 Å². The van der Waals surface area contributed by atoms with Gasteiger partial charge in [0.05, 0.1) is 48.9 Å². The number of anilines is 1. The van der Waals surface area contributed by atoms with Crippen molar-refractivity contribution in [3.63, 3.8) is 0 Å². The molecule has 4 aromatic carbocycles. The molecule has 6 rings (SSSR count). The van der Waals surface area contributed by atoms with Gasteiger partial charge in [-0.3, -0.25) is 18.7 Å². The minimum absolute atomic E-state index is 0.0126. The molecule has 2 heterocycles. The Hall–Kier alpha value is -6.86. The third kappa shape index (κ3) is 14.3. The Morgan fingerprint density at radius 3 is 1.97 bits per heavy atom. The van der Waals surface area contributed by atoms with Crippen molar-refractivity contribution in [3.8, 4) is 0 Å². The lowest BCUT2D eigenvalue weighted by Crippen LogP contribution is -2.51. The fraction of sp³-hybridized carbons (Fsp3) is 0.298. The molecule has 18 heteroatoms. The number of aromatic nitrogens is 2. The molecule has 65 heavy (non-hydrogen) atoms. The van der Waals surface area contributed by atoms with E-state index in [1.165, 1.54) is 33.1 Å². The first-order valence-electron chi connectivity index (χ1n) is 20.7. The summed E-state index contributed by atoms with van der Waals surface area (Å²) in [6, 6.07) is 32.3. The molecule has 0 radical (unpaired) electrons. The standard InChI is InChI=1S/C25H35N3O6S.C22H18N2O6/c1-18(2)15-28(35(31,32)22-10-8-20(26)9-11-22)16-24(29)23(14-19-6-4-3-5-7-19)27-25(30)34-21-12-13-33-17-21;25-18(11-19(26)21(28)29)17-14-23(12-15-7-3-1-4-8-15)22(30)24(20(17)27)13-16-9-5-2-6-10-16/h3-11,18,21,23-24,29H,12-17,26H2,1-2H3,(H,27,30);1-11,14,25H,12-13H2,(H,28,29)/b;18-11-/t21-,23-,24+;/m0./s1. The summed E-state index contributed by atoms with van der Waals surface area (Å²) >= 11 is 0. The van der Waals surface area contributed by atoms with E-state index in [1.54, 1.807) is 54.6 Å². The number of hydrogen-bond acceptors (Lipinski definition) is 12. The first kappa shape index (κ1) is 49.2. The molecule has 0 spiro atoms. The Kier molecular flexibility index (Phi) is 17.5. The summed E-state index contributed by atoms with van der Waals surface area (Å²) in [6.07, 6.45) is 0.287. The lowest BCUT2D eigenvalue weighted by Gasteiger charge is -2.30. The topological polar surface area (TPSA) is 250 Å². The first-order chi connectivity index (χ1) is 31.0. The highest BCUT2D eigenvalue weighted by Gasteiger charge is 2.32. The molecule has 1 aromatic heterocycles. The molecule has 6 N–H and O–H groups in total. The second-order valence-corrected chi connectivity index (χ2v) is 17.6. The molecule has 344 valence electrons. The Labute approximate surface area is 376 Å². The summed E-state index contributed by atoms with van der Waals surface area (Å²) in [4.78, 5) is 60.7. The van der Waals surface area contributed by atoms with Crippen LogP contribution in [0.15, 0.2) is 142 Å². The molecule has 1 fully saturated rings. The van der Waals surface area contributed by atoms with Gasteiger partial charge < -0.3 is 35.8 Å². The van der Waals surface area contributed by atoms with E-state index in [0.717, 1.165) is 21.9 Å². The number of carbonyl (C=O) groups is 3. The molecule has 17 nitrogen and oxygen atoms in total. The zero-order valence-corrected chi connectivity index (χ0v) is 36.8. The van der Waals surface area contributed by atoms with E-state index < -0.39 is 57.0 Å². The number of aliphatic hydroxyl groups excluding tert-OH is 2. The summed E-state index contributed by atoms with van der Waals surface area (Å²) in [5.41, 5.74) is 6.74. The van der Waals surface area contributed by atoms with Crippen LogP contribution < -0.4 is 22.3 Å². The van der Waals surface area contributed by atoms with Crippen LogP contribution in [0.2, 0.25) is 0 Å². The number of carboxylic acid groups (broad SMARTS) is 1. The number of aliphatic hydroxyl groups is 2. The third-order valence-corrected chi connectivity index (χ3v) is 11.9. The SMILES string of the molecule is CC(C)CN(C[C@@H](O)[C@H](Cc1ccccc1)NC(=O)O[C@H]1CCOC1)S(=O)(=O)c1ccc(N)cc1.O=C(O)C(=O)/C=C(\O)c1cn(Cc2ccccc2)c(=O)n(Cc2ccccc2)c1=O. The van der Waals surface area contributed by atoms with E-state index >= 15 is 0 Å². The van der Waals surface area contributed by atoms with Gasteiger partial charge in [0.15, 0.2) is 0 Å². The summed E-state index contributed by atoms with van der Waals surface area (Å²) < 4.78 is 40.9. The summed E-state index contributed by atoms with van der Waals surface area (Å²) in [7, 11) is -3.90. The number of aliphatic carboxylic acids is 1. The second-order valence-electron chi connectivity index (χ2n) is 15.7. The summed E-state index contributed by atoms with van der Waals surface area (Å²) in [5.74, 6) is -3.97. The number of nitrogen functional groups attached to an aromatic ring is 1. The third-order valence-electron chi connectivity index (χ3n) is 10.1. The van der Waals surface area contributed by atoms with E-state index in [2.05, 4.69) is 5.32 Å². The number of ether oxygens (including phenoxy) is 2. The van der Waals surface area contributed by atoms with Gasteiger partial charge in [-0.05, 0) is 53.3 Å². The van der Waals surface area contributed by atoms with Crippen LogP contribution >= 0.6 is 0 Å². The number of carbonyl (C=O) groups excluding carboxylic acids is 2. The predicted molar refractivity (Wildman–Crippen MR) is 243 cm³/mol. The van der Waals surface area contributed by atoms with E-state index in [0.29, 0.717) is 43.4 Å². The minimum Gasteiger partial charge on any atom is -0.507 e. The zero-order valence-electron chi connectivity index (χ0n) is 35.9. The van der Waals surface area contributed by atoms with Crippen LogP contribution in [0.5, 0.6) is 0 Å². The maximum absolute atomic E-state index is 13.4. The van der Waals surface area contributed by atoms with E-state index in [-0.39, 0.29) is 48.7 Å². The number of benzene rings is 4. The lowest BCUT2D eigenvalue weighted by molar-refractivity contribution is -0.146. The highest BCUT2D eigenvalue weighted by molar-refractivity contribution is 7.89. The number of hydrogen-bond donors (Lipinski definition) is 5. The van der Waals surface area contributed by atoms with Gasteiger partial charge in [0.1, 0.15) is 11.9 Å². The molecule has 0 unspecified atom stereocenters.